The van der Waals surface area contributed by atoms with Gasteiger partial charge in [0.1, 0.15) is 11.8 Å². The highest BCUT2D eigenvalue weighted by Gasteiger charge is 2.84. The lowest BCUT2D eigenvalue weighted by Crippen LogP contribution is -2.29. The van der Waals surface area contributed by atoms with E-state index >= 15 is 0 Å². The number of H-pyrrole nitrogens is 2. The molecule has 4 aromatic carbocycles. The Morgan fingerprint density at radius 2 is 0.912 bits per heavy atom. The van der Waals surface area contributed by atoms with Crippen molar-refractivity contribution in [2.24, 2.45) is 0 Å². The van der Waals surface area contributed by atoms with Gasteiger partial charge in [-0.25, -0.2) is 16.4 Å². The van der Waals surface area contributed by atoms with Gasteiger partial charge in [-0.05, 0) is 72.5 Å². The van der Waals surface area contributed by atoms with Gasteiger partial charge in [0.2, 0.25) is 0 Å². The predicted molar refractivity (Wildman–Crippen MR) is 228 cm³/mol. The second kappa shape index (κ2) is 13.5. The summed E-state index contributed by atoms with van der Waals surface area (Å²) < 4.78 is 5.92. The van der Waals surface area contributed by atoms with E-state index in [0.29, 0.717) is 11.4 Å². The Morgan fingerprint density at radius 1 is 0.561 bits per heavy atom. The molecule has 1 saturated carbocycles. The first kappa shape index (κ1) is 34.2. The number of benzene rings is 4. The summed E-state index contributed by atoms with van der Waals surface area (Å²) in [5.74, 6) is -1.59. The van der Waals surface area contributed by atoms with Gasteiger partial charge in [-0.2, -0.15) is 0 Å². The van der Waals surface area contributed by atoms with Crippen LogP contribution < -0.4 is 0 Å². The molecule has 0 amide bonds. The van der Waals surface area contributed by atoms with Gasteiger partial charge in [0.15, 0.2) is 0 Å². The fourth-order valence-electron chi connectivity index (χ4n) is 8.74. The van der Waals surface area contributed by atoms with Crippen LogP contribution in [0.2, 0.25) is 0 Å². The van der Waals surface area contributed by atoms with Crippen molar-refractivity contribution in [1.82, 2.24) is 19.9 Å². The lowest BCUT2D eigenvalue weighted by molar-refractivity contribution is -0.149. The maximum Gasteiger partial charge on any atom is 0.395 e. The smallest absolute Gasteiger partial charge is 0.395 e. The molecule has 3 atom stereocenters. The van der Waals surface area contributed by atoms with Crippen molar-refractivity contribution in [3.05, 3.63) is 180 Å². The number of fused-ring (bicyclic) bond motifs is 11. The number of nitrogens with one attached hydrogen (secondary N) is 2. The number of esters is 1. The van der Waals surface area contributed by atoms with E-state index in [1.807, 2.05) is 86.6 Å². The third-order valence-electron chi connectivity index (χ3n) is 11.2. The zero-order valence-electron chi connectivity index (χ0n) is 31.4. The Morgan fingerprint density at radius 3 is 1.26 bits per heavy atom. The molecule has 2 aliphatic heterocycles. The van der Waals surface area contributed by atoms with Crippen LogP contribution in [0.5, 0.6) is 0 Å². The second-order valence-corrected chi connectivity index (χ2v) is 15.0. The Balaban J connectivity index is 1.42. The van der Waals surface area contributed by atoms with Gasteiger partial charge in [0, 0.05) is 44.3 Å². The highest BCUT2D eigenvalue weighted by atomic mass is 16.5. The molecule has 274 valence electrons. The number of ether oxygens (including phenoxy) is 1. The number of hydrogen-bond donors (Lipinski definition) is 2. The van der Waals surface area contributed by atoms with Crippen molar-refractivity contribution in [1.29, 1.82) is 0 Å². The van der Waals surface area contributed by atoms with E-state index in [4.69, 9.17) is 21.3 Å². The average molecular weight is 740 g/mol. The van der Waals surface area contributed by atoms with Crippen LogP contribution in [0.15, 0.2) is 146 Å². The number of hydrogen-bond acceptors (Lipinski definition) is 4. The van der Waals surface area contributed by atoms with Gasteiger partial charge in [-0.15, -0.1) is 0 Å². The Kier molecular flexibility index (Phi) is 8.08. The third-order valence-corrected chi connectivity index (χ3v) is 11.2. The van der Waals surface area contributed by atoms with Gasteiger partial charge in [0.05, 0.1) is 28.9 Å². The van der Waals surface area contributed by atoms with Gasteiger partial charge in [0.25, 0.3) is 0 Å². The third kappa shape index (κ3) is 5.52. The maximum atomic E-state index is 14.3. The monoisotopic (exact) mass is 739 g/mol. The Labute approximate surface area is 330 Å². The topological polar surface area (TPSA) is 88.0 Å². The van der Waals surface area contributed by atoms with E-state index in [0.717, 1.165) is 78.0 Å². The summed E-state index contributed by atoms with van der Waals surface area (Å²) >= 11 is 0. The van der Waals surface area contributed by atoms with E-state index < -0.39 is 23.3 Å². The first-order valence-corrected chi connectivity index (χ1v) is 19.3. The lowest BCUT2D eigenvalue weighted by Gasteiger charge is -2.14. The van der Waals surface area contributed by atoms with Crippen LogP contribution in [0.1, 0.15) is 48.5 Å². The average Bonchev–Trinajstić information content (AvgIpc) is 3.85. The van der Waals surface area contributed by atoms with Crippen LogP contribution in [-0.2, 0) is 9.53 Å². The molecular weight excluding hydrogens is 703 g/mol. The van der Waals surface area contributed by atoms with Gasteiger partial charge in [-0.1, -0.05) is 121 Å². The van der Waals surface area contributed by atoms with Crippen molar-refractivity contribution in [3.63, 3.8) is 0 Å². The number of aromatic amines is 2. The number of carbonyl (C=O) groups is 1. The normalized spacial score (nSPS) is 17.9. The largest absolute Gasteiger partial charge is 0.457 e. The van der Waals surface area contributed by atoms with Crippen LogP contribution in [0.3, 0.4) is 0 Å². The summed E-state index contributed by atoms with van der Waals surface area (Å²) in [5, 5.41) is 0. The molecule has 57 heavy (non-hydrogen) atoms. The standard InChI is InChI=1S/C50H37N5O2/c1-30(2)57-49(56)50(51-3)45-46(50)48-44(34-22-14-7-15-23-34)40-29-27-38(54-40)42(32-18-10-5-11-19-32)36-25-24-35(52-36)41(31-16-8-4-9-17-31)37-26-28-39(53-37)43(47(45)55-48)33-20-12-6-13-21-33/h4-30,45-46,53-54H,1-2H3/t45-,46+,50?. The summed E-state index contributed by atoms with van der Waals surface area (Å²) in [7, 11) is 0. The second-order valence-electron chi connectivity index (χ2n) is 15.0. The first-order chi connectivity index (χ1) is 28.0. The van der Waals surface area contributed by atoms with Gasteiger partial charge >= 0.3 is 11.5 Å². The van der Waals surface area contributed by atoms with E-state index in [-0.39, 0.29) is 6.10 Å². The molecule has 0 saturated heterocycles. The number of nitrogens with zero attached hydrogens (tertiary/aromatic N) is 3. The van der Waals surface area contributed by atoms with E-state index in [2.05, 4.69) is 99.8 Å². The molecule has 7 aromatic rings. The highest BCUT2D eigenvalue weighted by molar-refractivity contribution is 6.00. The lowest BCUT2D eigenvalue weighted by atomic mass is 9.99. The fraction of sp³-hybridized carbons (Fsp3) is 0.120. The van der Waals surface area contributed by atoms with Crippen molar-refractivity contribution < 1.29 is 9.53 Å². The summed E-state index contributed by atoms with van der Waals surface area (Å²) in [4.78, 5) is 37.0. The zero-order valence-corrected chi connectivity index (χ0v) is 31.4. The maximum absolute atomic E-state index is 14.3. The summed E-state index contributed by atoms with van der Waals surface area (Å²) in [6, 6.07) is 49.2. The molecule has 10 rings (SSSR count). The predicted octanol–water partition coefficient (Wildman–Crippen LogP) is 11.6. The van der Waals surface area contributed by atoms with Gasteiger partial charge < -0.3 is 14.7 Å². The Bertz CT molecular complexity index is 2760. The fourth-order valence-corrected chi connectivity index (χ4v) is 8.74. The molecule has 0 radical (unpaired) electrons. The van der Waals surface area contributed by atoms with Gasteiger partial charge in [-0.3, -0.25) is 9.83 Å². The molecule has 1 aliphatic carbocycles. The molecule has 1 unspecified atom stereocenters. The molecule has 8 bridgehead atoms. The zero-order chi connectivity index (χ0) is 38.7. The number of carbonyl (C=O) groups excluding carboxylic acids is 1. The minimum absolute atomic E-state index is 0.387. The quantitative estimate of drug-likeness (QED) is 0.131. The van der Waals surface area contributed by atoms with Crippen LogP contribution in [-0.4, -0.2) is 37.5 Å². The van der Waals surface area contributed by atoms with E-state index in [9.17, 15) is 4.79 Å². The minimum Gasteiger partial charge on any atom is -0.457 e. The SMILES string of the molecule is [C-]#[N+]C1(C(=O)OC(C)C)[C@@H]2c3nc(c(-c4ccccc4)c4ccc([nH]4)c(-c4ccccc4)c4nc(c(-c5ccccc5)c5ccc([nH]5)c3-c3ccccc3)C=C4)[C@@H]21. The minimum atomic E-state index is -1.48. The molecule has 7 heteroatoms. The van der Waals surface area contributed by atoms with Crippen molar-refractivity contribution in [3.8, 4) is 44.5 Å². The molecule has 0 spiro atoms. The van der Waals surface area contributed by atoms with E-state index in [1.165, 1.54) is 0 Å². The molecule has 3 aliphatic rings. The van der Waals surface area contributed by atoms with E-state index in [1.54, 1.807) is 0 Å². The molecule has 7 nitrogen and oxygen atoms in total. The summed E-state index contributed by atoms with van der Waals surface area (Å²) in [6.45, 7) is 12.4. The van der Waals surface area contributed by atoms with Crippen LogP contribution in [0, 0.1) is 6.57 Å². The molecule has 1 fully saturated rings. The number of rotatable bonds is 6. The van der Waals surface area contributed by atoms with Crippen LogP contribution in [0.25, 0.3) is 83.6 Å². The van der Waals surface area contributed by atoms with Crippen molar-refractivity contribution in [2.45, 2.75) is 37.3 Å². The molecule has 3 aromatic heterocycles. The summed E-state index contributed by atoms with van der Waals surface area (Å²) in [6.07, 6.45) is 3.79. The van der Waals surface area contributed by atoms with Crippen molar-refractivity contribution in [2.75, 3.05) is 0 Å². The van der Waals surface area contributed by atoms with Crippen molar-refractivity contribution >= 4 is 40.2 Å². The first-order valence-electron chi connectivity index (χ1n) is 19.3. The van der Waals surface area contributed by atoms with Crippen LogP contribution >= 0.6 is 0 Å². The summed E-state index contributed by atoms with van der Waals surface area (Å²) in [5.41, 5.74) is 12.4. The molecular formula is C50H37N5O2. The molecule has 5 heterocycles. The molecule has 2 N–H and O–H groups in total. The highest BCUT2D eigenvalue weighted by Crippen LogP contribution is 2.71. The Hall–Kier alpha value is -7.30. The van der Waals surface area contributed by atoms with Crippen LogP contribution in [0.4, 0.5) is 0 Å². The number of aromatic nitrogens is 4.